The number of carbonyl (C=O) groups excluding carboxylic acids is 2. The Hall–Kier alpha value is -1.60. The van der Waals surface area contributed by atoms with Gasteiger partial charge in [-0.05, 0) is 51.7 Å². The molecule has 0 saturated carbocycles. The second-order valence-corrected chi connectivity index (χ2v) is 8.06. The lowest BCUT2D eigenvalue weighted by molar-refractivity contribution is 0.00808. The Labute approximate surface area is 146 Å². The van der Waals surface area contributed by atoms with Gasteiger partial charge in [0.05, 0.1) is 13.2 Å². The molecule has 1 aliphatic heterocycles. The van der Waals surface area contributed by atoms with Crippen molar-refractivity contribution in [3.05, 3.63) is 21.9 Å². The van der Waals surface area contributed by atoms with E-state index in [1.54, 1.807) is 17.0 Å². The van der Waals surface area contributed by atoms with E-state index in [1.807, 2.05) is 20.8 Å². The van der Waals surface area contributed by atoms with Gasteiger partial charge in [0.15, 0.2) is 0 Å². The summed E-state index contributed by atoms with van der Waals surface area (Å²) in [6, 6.07) is 3.44. The maximum Gasteiger partial charge on any atom is 0.410 e. The van der Waals surface area contributed by atoms with Crippen molar-refractivity contribution in [3.63, 3.8) is 0 Å². The third kappa shape index (κ3) is 4.70. The number of ether oxygens (including phenoxy) is 2. The number of methoxy groups -OCH3 is 1. The minimum Gasteiger partial charge on any atom is -0.465 e. The topological polar surface area (TPSA) is 76.1 Å². The zero-order valence-corrected chi connectivity index (χ0v) is 15.4. The van der Waals surface area contributed by atoms with Crippen LogP contribution in [-0.2, 0) is 9.47 Å². The molecule has 0 spiro atoms. The van der Waals surface area contributed by atoms with E-state index in [0.29, 0.717) is 30.8 Å². The van der Waals surface area contributed by atoms with Crippen LogP contribution in [0.25, 0.3) is 0 Å². The van der Waals surface area contributed by atoms with Crippen LogP contribution in [0.2, 0.25) is 0 Å². The number of hydrogen-bond donors (Lipinski definition) is 1. The molecule has 1 amide bonds. The Balaban J connectivity index is 1.91. The van der Waals surface area contributed by atoms with Gasteiger partial charge >= 0.3 is 12.1 Å². The van der Waals surface area contributed by atoms with Crippen LogP contribution >= 0.6 is 11.3 Å². The molecule has 0 aliphatic carbocycles. The SMILES string of the molecule is COC(=O)c1ccc(C(O)C2CCN(C(=O)OC(C)(C)C)CC2)s1. The number of aliphatic hydroxyl groups is 1. The summed E-state index contributed by atoms with van der Waals surface area (Å²) >= 11 is 1.25. The molecule has 1 atom stereocenters. The summed E-state index contributed by atoms with van der Waals surface area (Å²) in [7, 11) is 1.34. The Kier molecular flexibility index (Phi) is 5.87. The largest absolute Gasteiger partial charge is 0.465 e. The summed E-state index contributed by atoms with van der Waals surface area (Å²) < 4.78 is 10.1. The van der Waals surface area contributed by atoms with Crippen LogP contribution in [0.5, 0.6) is 0 Å². The van der Waals surface area contributed by atoms with Gasteiger partial charge in [0.25, 0.3) is 0 Å². The first kappa shape index (κ1) is 18.7. The van der Waals surface area contributed by atoms with Gasteiger partial charge in [-0.1, -0.05) is 0 Å². The van der Waals surface area contributed by atoms with Gasteiger partial charge in [0, 0.05) is 18.0 Å². The molecule has 0 bridgehead atoms. The maximum absolute atomic E-state index is 12.1. The van der Waals surface area contributed by atoms with Crippen molar-refractivity contribution in [2.45, 2.75) is 45.3 Å². The summed E-state index contributed by atoms with van der Waals surface area (Å²) in [6.07, 6.45) is 0.464. The highest BCUT2D eigenvalue weighted by molar-refractivity contribution is 7.14. The van der Waals surface area contributed by atoms with Crippen LogP contribution in [0.3, 0.4) is 0 Å². The van der Waals surface area contributed by atoms with Gasteiger partial charge in [-0.15, -0.1) is 11.3 Å². The zero-order chi connectivity index (χ0) is 17.9. The second kappa shape index (κ2) is 7.53. The lowest BCUT2D eigenvalue weighted by Gasteiger charge is -2.35. The lowest BCUT2D eigenvalue weighted by Crippen LogP contribution is -2.42. The Morgan fingerprint density at radius 2 is 1.92 bits per heavy atom. The Morgan fingerprint density at radius 3 is 2.46 bits per heavy atom. The molecule has 1 aromatic rings. The average Bonchev–Trinajstić information content (AvgIpc) is 3.02. The van der Waals surface area contributed by atoms with Crippen LogP contribution in [0.15, 0.2) is 12.1 Å². The maximum atomic E-state index is 12.1. The first-order valence-corrected chi connectivity index (χ1v) is 8.87. The fourth-order valence-corrected chi connectivity index (χ4v) is 3.68. The van der Waals surface area contributed by atoms with Crippen LogP contribution in [-0.4, -0.2) is 47.9 Å². The third-order valence-electron chi connectivity index (χ3n) is 3.94. The van der Waals surface area contributed by atoms with Crippen molar-refractivity contribution in [3.8, 4) is 0 Å². The van der Waals surface area contributed by atoms with E-state index >= 15 is 0 Å². The van der Waals surface area contributed by atoms with Crippen molar-refractivity contribution in [1.29, 1.82) is 0 Å². The molecule has 6 nitrogen and oxygen atoms in total. The van der Waals surface area contributed by atoms with Crippen LogP contribution in [0, 0.1) is 5.92 Å². The fourth-order valence-electron chi connectivity index (χ4n) is 2.68. The molecule has 134 valence electrons. The number of amides is 1. The summed E-state index contributed by atoms with van der Waals surface area (Å²) in [5.74, 6) is -0.328. The zero-order valence-electron chi connectivity index (χ0n) is 14.6. The highest BCUT2D eigenvalue weighted by Gasteiger charge is 2.31. The molecule has 1 saturated heterocycles. The average molecular weight is 355 g/mol. The van der Waals surface area contributed by atoms with E-state index in [4.69, 9.17) is 4.74 Å². The predicted octanol–water partition coefficient (Wildman–Crippen LogP) is 3.22. The van der Waals surface area contributed by atoms with Crippen molar-refractivity contribution in [2.24, 2.45) is 5.92 Å². The number of rotatable bonds is 3. The molecule has 1 aliphatic rings. The minimum absolute atomic E-state index is 0.0628. The van der Waals surface area contributed by atoms with Gasteiger partial charge in [-0.2, -0.15) is 0 Å². The summed E-state index contributed by atoms with van der Waals surface area (Å²) in [6.45, 7) is 6.66. The van der Waals surface area contributed by atoms with E-state index in [2.05, 4.69) is 4.74 Å². The molecular weight excluding hydrogens is 330 g/mol. The number of nitrogens with zero attached hydrogens (tertiary/aromatic N) is 1. The Bertz CT molecular complexity index is 584. The number of likely N-dealkylation sites (tertiary alicyclic amines) is 1. The van der Waals surface area contributed by atoms with Crippen LogP contribution < -0.4 is 0 Å². The molecule has 2 rings (SSSR count). The quantitative estimate of drug-likeness (QED) is 0.843. The highest BCUT2D eigenvalue weighted by Crippen LogP contribution is 2.34. The standard InChI is InChI=1S/C17H25NO5S/c1-17(2,3)23-16(21)18-9-7-11(8-10-18)14(19)12-5-6-13(24-12)15(20)22-4/h5-6,11,14,19H,7-10H2,1-4H3. The minimum atomic E-state index is -0.630. The molecule has 1 unspecified atom stereocenters. The van der Waals surface area contributed by atoms with Gasteiger partial charge < -0.3 is 19.5 Å². The van der Waals surface area contributed by atoms with Crippen LogP contribution in [0.4, 0.5) is 4.79 Å². The van der Waals surface area contributed by atoms with Crippen molar-refractivity contribution in [2.75, 3.05) is 20.2 Å². The molecule has 2 heterocycles. The number of esters is 1. The van der Waals surface area contributed by atoms with Crippen molar-refractivity contribution < 1.29 is 24.2 Å². The highest BCUT2D eigenvalue weighted by atomic mass is 32.1. The number of piperidine rings is 1. The monoisotopic (exact) mass is 355 g/mol. The molecular formula is C17H25NO5S. The molecule has 0 aromatic carbocycles. The molecule has 24 heavy (non-hydrogen) atoms. The van der Waals surface area contributed by atoms with Gasteiger partial charge in [0.2, 0.25) is 0 Å². The second-order valence-electron chi connectivity index (χ2n) is 6.94. The fraction of sp³-hybridized carbons (Fsp3) is 0.647. The van der Waals surface area contributed by atoms with Crippen LogP contribution in [0.1, 0.15) is 54.3 Å². The van der Waals surface area contributed by atoms with E-state index in [0.717, 1.165) is 4.88 Å². The first-order valence-electron chi connectivity index (χ1n) is 8.05. The van der Waals surface area contributed by atoms with E-state index in [1.165, 1.54) is 18.4 Å². The number of aliphatic hydroxyl groups excluding tert-OH is 1. The molecule has 1 N–H and O–H groups in total. The van der Waals surface area contributed by atoms with E-state index in [9.17, 15) is 14.7 Å². The lowest BCUT2D eigenvalue weighted by atomic mass is 9.90. The number of thiophene rings is 1. The molecule has 1 aromatic heterocycles. The number of carbonyl (C=O) groups is 2. The van der Waals surface area contributed by atoms with Crippen molar-refractivity contribution >= 4 is 23.4 Å². The van der Waals surface area contributed by atoms with Gasteiger partial charge in [-0.25, -0.2) is 9.59 Å². The number of hydrogen-bond acceptors (Lipinski definition) is 6. The summed E-state index contributed by atoms with van der Waals surface area (Å²) in [5, 5.41) is 10.5. The normalized spacial score (nSPS) is 17.5. The predicted molar refractivity (Wildman–Crippen MR) is 91.1 cm³/mol. The summed E-state index contributed by atoms with van der Waals surface area (Å²) in [5.41, 5.74) is -0.505. The van der Waals surface area contributed by atoms with Gasteiger partial charge in [0.1, 0.15) is 10.5 Å². The molecule has 1 fully saturated rings. The van der Waals surface area contributed by atoms with Gasteiger partial charge in [-0.3, -0.25) is 0 Å². The van der Waals surface area contributed by atoms with Crippen molar-refractivity contribution in [1.82, 2.24) is 4.90 Å². The molecule has 7 heteroatoms. The molecule has 0 radical (unpaired) electrons. The van der Waals surface area contributed by atoms with E-state index in [-0.39, 0.29) is 12.0 Å². The first-order chi connectivity index (χ1) is 11.2. The Morgan fingerprint density at radius 1 is 1.29 bits per heavy atom. The third-order valence-corrected chi connectivity index (χ3v) is 5.08. The summed E-state index contributed by atoms with van der Waals surface area (Å²) in [4.78, 5) is 26.5. The smallest absolute Gasteiger partial charge is 0.410 e. The van der Waals surface area contributed by atoms with E-state index < -0.39 is 17.7 Å².